The number of nitrogens with one attached hydrogen (secondary N) is 1. The van der Waals surface area contributed by atoms with E-state index in [1.54, 1.807) is 6.92 Å². The summed E-state index contributed by atoms with van der Waals surface area (Å²) in [5.74, 6) is 2.27. The van der Waals surface area contributed by atoms with E-state index in [1.807, 2.05) is 13.8 Å². The van der Waals surface area contributed by atoms with Crippen molar-refractivity contribution in [3.05, 3.63) is 41.2 Å². The van der Waals surface area contributed by atoms with Gasteiger partial charge in [-0.15, -0.1) is 0 Å². The Bertz CT molecular complexity index is 1040. The number of aliphatic imine (C=N–C) groups is 1. The van der Waals surface area contributed by atoms with E-state index in [2.05, 4.69) is 39.6 Å². The van der Waals surface area contributed by atoms with Crippen LogP contribution in [-0.2, 0) is 4.79 Å². The summed E-state index contributed by atoms with van der Waals surface area (Å²) >= 11 is 0. The molecule has 0 unspecified atom stereocenters. The summed E-state index contributed by atoms with van der Waals surface area (Å²) in [5, 5.41) is 11.8. The fourth-order valence-electron chi connectivity index (χ4n) is 4.75. The van der Waals surface area contributed by atoms with Crippen LogP contribution in [0.5, 0.6) is 5.88 Å². The average molecular weight is 452 g/mol. The third-order valence-corrected chi connectivity index (χ3v) is 6.57. The number of aryl methyl sites for hydroxylation is 1. The van der Waals surface area contributed by atoms with Gasteiger partial charge in [0.2, 0.25) is 11.8 Å². The fourth-order valence-corrected chi connectivity index (χ4v) is 4.75. The van der Waals surface area contributed by atoms with Gasteiger partial charge in [-0.3, -0.25) is 4.79 Å². The third kappa shape index (κ3) is 5.16. The molecule has 176 valence electrons. The molecule has 0 bridgehead atoms. The molecule has 1 aromatic heterocycles. The molecule has 8 heteroatoms. The summed E-state index contributed by atoms with van der Waals surface area (Å²) in [6, 6.07) is 8.59. The van der Waals surface area contributed by atoms with Crippen molar-refractivity contribution in [2.24, 2.45) is 10.9 Å². The molecule has 0 radical (unpaired) electrons. The molecular formula is C25H33N5O3. The number of nitrogen functional groups attached to an aromatic ring is 1. The number of carbonyl (C=O) groups is 1. The number of nitrogens with two attached hydrogens (primary N) is 1. The lowest BCUT2D eigenvalue weighted by molar-refractivity contribution is -0.121. The van der Waals surface area contributed by atoms with Crippen LogP contribution >= 0.6 is 0 Å². The maximum absolute atomic E-state index is 11.6. The molecule has 1 saturated carbocycles. The van der Waals surface area contributed by atoms with Gasteiger partial charge in [0.05, 0.1) is 12.3 Å². The van der Waals surface area contributed by atoms with Gasteiger partial charge in [0.25, 0.3) is 0 Å². The summed E-state index contributed by atoms with van der Waals surface area (Å²) in [6.07, 6.45) is 4.58. The number of fused-ring (bicyclic) bond motifs is 1. The minimum atomic E-state index is -0.639. The summed E-state index contributed by atoms with van der Waals surface area (Å²) < 4.78 is 6.16. The second-order valence-corrected chi connectivity index (χ2v) is 9.50. The molecule has 0 spiro atoms. The fraction of sp³-hybridized carbons (Fsp3) is 0.520. The Hall–Kier alpha value is -3.00. The highest BCUT2D eigenvalue weighted by Crippen LogP contribution is 2.40. The first-order valence-electron chi connectivity index (χ1n) is 11.7. The zero-order chi connectivity index (χ0) is 23.6. The number of nitrogens with zero attached hydrogens (tertiary/aromatic N) is 3. The highest BCUT2D eigenvalue weighted by Gasteiger charge is 2.35. The number of amides is 1. The quantitative estimate of drug-likeness (QED) is 0.618. The summed E-state index contributed by atoms with van der Waals surface area (Å²) in [4.78, 5) is 25.0. The van der Waals surface area contributed by atoms with Crippen LogP contribution in [0.4, 0.5) is 11.5 Å². The average Bonchev–Trinajstić information content (AvgIpc) is 2.77. The Morgan fingerprint density at radius 1 is 1.18 bits per heavy atom. The summed E-state index contributed by atoms with van der Waals surface area (Å²) in [5.41, 5.74) is 9.07. The standard InChI is InChI=1S/C25H33N5O3/c1-15-28-23(26)21-24(29-15)33-25(2,3)22(30-21)19-10-8-18(9-11-19)17-6-4-16(5-7-17)14-27-20(32)12-13-31/h8-11,16-17,31H,4-7,12-14H2,1-3H3,(H,27,32)(H2,26,28,29)/t16-,17-. The largest absolute Gasteiger partial charge is 0.463 e. The van der Waals surface area contributed by atoms with Gasteiger partial charge < -0.3 is 20.9 Å². The van der Waals surface area contributed by atoms with Crippen molar-refractivity contribution in [2.45, 2.75) is 64.4 Å². The predicted molar refractivity (Wildman–Crippen MR) is 128 cm³/mol. The van der Waals surface area contributed by atoms with E-state index in [9.17, 15) is 4.79 Å². The van der Waals surface area contributed by atoms with E-state index in [-0.39, 0.29) is 18.9 Å². The van der Waals surface area contributed by atoms with Crippen molar-refractivity contribution in [1.29, 1.82) is 0 Å². The summed E-state index contributed by atoms with van der Waals surface area (Å²) in [6.45, 7) is 6.35. The molecule has 1 amide bonds. The van der Waals surface area contributed by atoms with Crippen LogP contribution in [0.2, 0.25) is 0 Å². The molecule has 2 heterocycles. The number of hydrogen-bond donors (Lipinski definition) is 3. The molecule has 1 aliphatic heterocycles. The van der Waals surface area contributed by atoms with Crippen LogP contribution in [0.25, 0.3) is 0 Å². The number of benzene rings is 1. The van der Waals surface area contributed by atoms with E-state index in [0.29, 0.717) is 41.6 Å². The zero-order valence-corrected chi connectivity index (χ0v) is 19.6. The van der Waals surface area contributed by atoms with Crippen LogP contribution in [0.15, 0.2) is 29.3 Å². The van der Waals surface area contributed by atoms with Crippen molar-refractivity contribution in [3.8, 4) is 5.88 Å². The van der Waals surface area contributed by atoms with Gasteiger partial charge in [-0.1, -0.05) is 24.3 Å². The second-order valence-electron chi connectivity index (χ2n) is 9.50. The van der Waals surface area contributed by atoms with Gasteiger partial charge in [-0.05, 0) is 63.9 Å². The molecular weight excluding hydrogens is 418 g/mol. The number of aliphatic hydroxyl groups excluding tert-OH is 1. The molecule has 1 fully saturated rings. The molecule has 1 aliphatic carbocycles. The van der Waals surface area contributed by atoms with Gasteiger partial charge in [-0.25, -0.2) is 9.98 Å². The number of rotatable bonds is 6. The van der Waals surface area contributed by atoms with Gasteiger partial charge >= 0.3 is 0 Å². The third-order valence-electron chi connectivity index (χ3n) is 6.57. The molecule has 0 atom stereocenters. The van der Waals surface area contributed by atoms with Crippen molar-refractivity contribution >= 4 is 23.1 Å². The van der Waals surface area contributed by atoms with Crippen LogP contribution in [0.3, 0.4) is 0 Å². The number of ether oxygens (including phenoxy) is 1. The maximum atomic E-state index is 11.6. The molecule has 1 aromatic carbocycles. The lowest BCUT2D eigenvalue weighted by Gasteiger charge is -2.32. The Labute approximate surface area is 194 Å². The normalized spacial score (nSPS) is 21.5. The Morgan fingerprint density at radius 3 is 2.55 bits per heavy atom. The van der Waals surface area contributed by atoms with E-state index in [4.69, 9.17) is 20.6 Å². The molecule has 2 aromatic rings. The lowest BCUT2D eigenvalue weighted by atomic mass is 9.78. The van der Waals surface area contributed by atoms with Crippen molar-refractivity contribution in [2.75, 3.05) is 18.9 Å². The number of aliphatic hydroxyl groups is 1. The van der Waals surface area contributed by atoms with E-state index in [0.717, 1.165) is 37.0 Å². The number of anilines is 1. The minimum absolute atomic E-state index is 0.0705. The Balaban J connectivity index is 1.43. The monoisotopic (exact) mass is 451 g/mol. The minimum Gasteiger partial charge on any atom is -0.463 e. The van der Waals surface area contributed by atoms with Crippen molar-refractivity contribution in [1.82, 2.24) is 15.3 Å². The lowest BCUT2D eigenvalue weighted by Crippen LogP contribution is -2.41. The molecule has 8 nitrogen and oxygen atoms in total. The van der Waals surface area contributed by atoms with Crippen LogP contribution in [0, 0.1) is 12.8 Å². The van der Waals surface area contributed by atoms with Gasteiger partial charge in [0.1, 0.15) is 11.4 Å². The van der Waals surface area contributed by atoms with Crippen LogP contribution in [-0.4, -0.2) is 45.4 Å². The van der Waals surface area contributed by atoms with E-state index >= 15 is 0 Å². The summed E-state index contributed by atoms with van der Waals surface area (Å²) in [7, 11) is 0. The topological polar surface area (TPSA) is 123 Å². The van der Waals surface area contributed by atoms with Crippen molar-refractivity contribution in [3.63, 3.8) is 0 Å². The van der Waals surface area contributed by atoms with Crippen LogP contribution < -0.4 is 15.8 Å². The SMILES string of the molecule is Cc1nc(N)c2c(n1)OC(C)(C)C(c1ccc([C@H]3CC[C@H](CNC(=O)CCO)CC3)cc1)=N2. The molecule has 4 rings (SSSR count). The van der Waals surface area contributed by atoms with Gasteiger partial charge in [0, 0.05) is 18.5 Å². The first-order valence-corrected chi connectivity index (χ1v) is 11.7. The number of carbonyl (C=O) groups excluding carboxylic acids is 1. The van der Waals surface area contributed by atoms with E-state index < -0.39 is 5.60 Å². The molecule has 4 N–H and O–H groups in total. The van der Waals surface area contributed by atoms with Gasteiger partial charge in [-0.2, -0.15) is 4.98 Å². The number of aromatic nitrogens is 2. The Morgan fingerprint density at radius 2 is 1.88 bits per heavy atom. The molecule has 0 saturated heterocycles. The molecule has 2 aliphatic rings. The highest BCUT2D eigenvalue weighted by atomic mass is 16.5. The van der Waals surface area contributed by atoms with Gasteiger partial charge in [0.15, 0.2) is 11.5 Å². The smallest absolute Gasteiger partial charge is 0.246 e. The predicted octanol–water partition coefficient (Wildman–Crippen LogP) is 3.43. The molecule has 33 heavy (non-hydrogen) atoms. The number of hydrogen-bond acceptors (Lipinski definition) is 7. The first-order chi connectivity index (χ1) is 15.8. The Kier molecular flexibility index (Phi) is 6.65. The maximum Gasteiger partial charge on any atom is 0.246 e. The highest BCUT2D eigenvalue weighted by molar-refractivity contribution is 6.09. The second kappa shape index (κ2) is 9.47. The van der Waals surface area contributed by atoms with Crippen LogP contribution in [0.1, 0.15) is 68.8 Å². The first kappa shape index (κ1) is 23.2. The van der Waals surface area contributed by atoms with E-state index in [1.165, 1.54) is 5.56 Å². The zero-order valence-electron chi connectivity index (χ0n) is 19.6. The van der Waals surface area contributed by atoms with Crippen molar-refractivity contribution < 1.29 is 14.6 Å².